The lowest BCUT2D eigenvalue weighted by atomic mass is 9.98. The van der Waals surface area contributed by atoms with Crippen molar-refractivity contribution in [3.63, 3.8) is 0 Å². The third-order valence-electron chi connectivity index (χ3n) is 5.42. The number of nitrogen functional groups attached to an aromatic ring is 1. The Labute approximate surface area is 175 Å². The van der Waals surface area contributed by atoms with Gasteiger partial charge in [0.2, 0.25) is 0 Å². The molecule has 146 valence electrons. The molecule has 1 fully saturated rings. The van der Waals surface area contributed by atoms with E-state index in [-0.39, 0.29) is 18.4 Å². The fraction of sp³-hybridized carbons (Fsp3) is 0.273. The molecule has 0 radical (unpaired) electrons. The van der Waals surface area contributed by atoms with Crippen molar-refractivity contribution in [1.29, 1.82) is 0 Å². The number of halogens is 1. The van der Waals surface area contributed by atoms with Gasteiger partial charge in [-0.3, -0.25) is 4.90 Å². The van der Waals surface area contributed by atoms with Gasteiger partial charge in [0.1, 0.15) is 5.94 Å². The number of anilines is 2. The maximum absolute atomic E-state index is 11.8. The van der Waals surface area contributed by atoms with Gasteiger partial charge in [0.15, 0.2) is 0 Å². The average molecular weight is 414 g/mol. The molecule has 0 amide bonds. The smallest absolute Gasteiger partial charge is 0.130 e. The standard InChI is InChI=1S/C22H23N3OS.ClH/c1-16(20(14-26)21-15-27-22-5-3-2-4-19(21)22)24-10-12-25(13-11-24)18-8-6-17(23)7-9-18;/h2-9,15-16H,10-13,23H2,1H3;1H. The van der Waals surface area contributed by atoms with E-state index in [0.29, 0.717) is 0 Å². The van der Waals surface area contributed by atoms with Crippen LogP contribution in [0.15, 0.2) is 53.9 Å². The van der Waals surface area contributed by atoms with Crippen LogP contribution in [-0.2, 0) is 4.79 Å². The predicted octanol–water partition coefficient (Wildman–Crippen LogP) is 4.33. The number of hydrogen-bond acceptors (Lipinski definition) is 5. The van der Waals surface area contributed by atoms with Gasteiger partial charge in [-0.15, -0.1) is 23.7 Å². The van der Waals surface area contributed by atoms with Crippen LogP contribution in [0.5, 0.6) is 0 Å². The van der Waals surface area contributed by atoms with Crippen LogP contribution in [0, 0.1) is 0 Å². The number of benzene rings is 2. The fourth-order valence-corrected chi connectivity index (χ4v) is 4.75. The van der Waals surface area contributed by atoms with Crippen LogP contribution in [0.4, 0.5) is 11.4 Å². The first-order chi connectivity index (χ1) is 13.2. The van der Waals surface area contributed by atoms with Crippen LogP contribution >= 0.6 is 23.7 Å². The number of hydrogen-bond donors (Lipinski definition) is 1. The molecular formula is C22H24ClN3OS. The molecule has 6 heteroatoms. The molecule has 2 aromatic carbocycles. The average Bonchev–Trinajstić information content (AvgIpc) is 3.13. The lowest BCUT2D eigenvalue weighted by Crippen LogP contribution is -2.50. The van der Waals surface area contributed by atoms with E-state index in [9.17, 15) is 4.79 Å². The summed E-state index contributed by atoms with van der Waals surface area (Å²) in [6.07, 6.45) is 0. The normalized spacial score (nSPS) is 15.7. The highest BCUT2D eigenvalue weighted by Gasteiger charge is 2.26. The molecule has 0 bridgehead atoms. The van der Waals surface area contributed by atoms with Crippen molar-refractivity contribution in [2.75, 3.05) is 36.8 Å². The quantitative estimate of drug-likeness (QED) is 0.510. The van der Waals surface area contributed by atoms with Gasteiger partial charge < -0.3 is 10.6 Å². The topological polar surface area (TPSA) is 49.6 Å². The van der Waals surface area contributed by atoms with Crippen molar-refractivity contribution in [2.24, 2.45) is 0 Å². The summed E-state index contributed by atoms with van der Waals surface area (Å²) >= 11 is 1.68. The molecule has 4 nitrogen and oxygen atoms in total. The molecule has 1 saturated heterocycles. The second-order valence-electron chi connectivity index (χ2n) is 6.95. The van der Waals surface area contributed by atoms with Gasteiger partial charge in [-0.1, -0.05) is 18.2 Å². The van der Waals surface area contributed by atoms with E-state index >= 15 is 0 Å². The maximum Gasteiger partial charge on any atom is 0.130 e. The first-order valence-corrected chi connectivity index (χ1v) is 10.1. The van der Waals surface area contributed by atoms with Gasteiger partial charge in [-0.2, -0.15) is 0 Å². The SMILES string of the molecule is CC(C(=C=O)c1csc2ccccc12)N1CCN(c2ccc(N)cc2)CC1.Cl. The monoisotopic (exact) mass is 413 g/mol. The molecule has 1 aliphatic heterocycles. The maximum atomic E-state index is 11.8. The van der Waals surface area contributed by atoms with E-state index in [4.69, 9.17) is 5.73 Å². The molecule has 28 heavy (non-hydrogen) atoms. The molecular weight excluding hydrogens is 390 g/mol. The zero-order valence-electron chi connectivity index (χ0n) is 15.8. The number of carbonyl (C=O) groups excluding carboxylic acids is 1. The molecule has 2 heterocycles. The molecule has 1 unspecified atom stereocenters. The molecule has 0 aliphatic carbocycles. The Bertz CT molecular complexity index is 986. The number of thiophene rings is 1. The minimum absolute atomic E-state index is 0. The number of nitrogens with zero attached hydrogens (tertiary/aromatic N) is 2. The molecule has 0 saturated carbocycles. The summed E-state index contributed by atoms with van der Waals surface area (Å²) in [5.41, 5.74) is 9.56. The van der Waals surface area contributed by atoms with Gasteiger partial charge in [-0.25, -0.2) is 4.79 Å². The molecule has 4 rings (SSSR count). The lowest BCUT2D eigenvalue weighted by Gasteiger charge is -2.39. The highest BCUT2D eigenvalue weighted by Crippen LogP contribution is 2.33. The molecule has 1 atom stereocenters. The van der Waals surface area contributed by atoms with Crippen molar-refractivity contribution in [3.8, 4) is 0 Å². The van der Waals surface area contributed by atoms with Crippen LogP contribution in [0.3, 0.4) is 0 Å². The van der Waals surface area contributed by atoms with Crippen LogP contribution in [0.1, 0.15) is 12.5 Å². The van der Waals surface area contributed by atoms with Crippen molar-refractivity contribution < 1.29 is 4.79 Å². The highest BCUT2D eigenvalue weighted by molar-refractivity contribution is 7.17. The predicted molar refractivity (Wildman–Crippen MR) is 122 cm³/mol. The minimum Gasteiger partial charge on any atom is -0.399 e. The van der Waals surface area contributed by atoms with Gasteiger partial charge >= 0.3 is 0 Å². The minimum atomic E-state index is 0. The lowest BCUT2D eigenvalue weighted by molar-refractivity contribution is 0.233. The second-order valence-corrected chi connectivity index (χ2v) is 7.86. The van der Waals surface area contributed by atoms with E-state index in [2.05, 4.69) is 52.3 Å². The van der Waals surface area contributed by atoms with Crippen LogP contribution in [-0.4, -0.2) is 43.1 Å². The highest BCUT2D eigenvalue weighted by atomic mass is 35.5. The Morgan fingerprint density at radius 2 is 1.75 bits per heavy atom. The zero-order chi connectivity index (χ0) is 18.8. The van der Waals surface area contributed by atoms with Crippen LogP contribution in [0.2, 0.25) is 0 Å². The van der Waals surface area contributed by atoms with Gasteiger partial charge in [-0.05, 0) is 37.3 Å². The van der Waals surface area contributed by atoms with E-state index < -0.39 is 0 Å². The first-order valence-electron chi connectivity index (χ1n) is 9.23. The van der Waals surface area contributed by atoms with E-state index in [1.54, 1.807) is 11.3 Å². The Balaban J connectivity index is 0.00000225. The Morgan fingerprint density at radius 1 is 1.07 bits per heavy atom. The summed E-state index contributed by atoms with van der Waals surface area (Å²) in [4.78, 5) is 16.6. The van der Waals surface area contributed by atoms with Crippen LogP contribution < -0.4 is 10.6 Å². The number of fused-ring (bicyclic) bond motifs is 1. The van der Waals surface area contributed by atoms with Gasteiger partial charge in [0.05, 0.1) is 5.57 Å². The summed E-state index contributed by atoms with van der Waals surface area (Å²) in [5.74, 6) is 2.25. The molecule has 3 aromatic rings. The number of piperazine rings is 1. The fourth-order valence-electron chi connectivity index (χ4n) is 3.79. The third-order valence-corrected chi connectivity index (χ3v) is 6.38. The zero-order valence-corrected chi connectivity index (χ0v) is 17.4. The summed E-state index contributed by atoms with van der Waals surface area (Å²) in [6.45, 7) is 5.82. The summed E-state index contributed by atoms with van der Waals surface area (Å²) in [6, 6.07) is 16.3. The Hall–Kier alpha value is -2.30. The third kappa shape index (κ3) is 3.94. The molecule has 0 spiro atoms. The summed E-state index contributed by atoms with van der Waals surface area (Å²) in [7, 11) is 0. The molecule has 2 N–H and O–H groups in total. The van der Waals surface area contributed by atoms with Crippen molar-refractivity contribution in [2.45, 2.75) is 13.0 Å². The van der Waals surface area contributed by atoms with Gasteiger partial charge in [0, 0.05) is 64.6 Å². The number of rotatable bonds is 4. The van der Waals surface area contributed by atoms with Crippen molar-refractivity contribution in [3.05, 3.63) is 59.5 Å². The first kappa shape index (κ1) is 20.4. The van der Waals surface area contributed by atoms with Crippen molar-refractivity contribution >= 4 is 56.7 Å². The van der Waals surface area contributed by atoms with Crippen LogP contribution in [0.25, 0.3) is 15.7 Å². The van der Waals surface area contributed by atoms with E-state index in [1.807, 2.05) is 24.3 Å². The largest absolute Gasteiger partial charge is 0.399 e. The van der Waals surface area contributed by atoms with E-state index in [0.717, 1.165) is 48.4 Å². The van der Waals surface area contributed by atoms with Crippen molar-refractivity contribution in [1.82, 2.24) is 4.90 Å². The Morgan fingerprint density at radius 3 is 2.43 bits per heavy atom. The number of nitrogens with two attached hydrogens (primary N) is 1. The van der Waals surface area contributed by atoms with E-state index in [1.165, 1.54) is 10.4 Å². The molecule has 1 aliphatic rings. The molecule has 1 aromatic heterocycles. The summed E-state index contributed by atoms with van der Waals surface area (Å²) < 4.78 is 1.21. The van der Waals surface area contributed by atoms with Gasteiger partial charge in [0.25, 0.3) is 0 Å². The Kier molecular flexibility index (Phi) is 6.42. The second kappa shape index (κ2) is 8.80. The summed E-state index contributed by atoms with van der Waals surface area (Å²) in [5, 5.41) is 3.24.